The number of ether oxygens (including phenoxy) is 2. The zero-order valence-corrected chi connectivity index (χ0v) is 16.4. The summed E-state index contributed by atoms with van der Waals surface area (Å²) in [6, 6.07) is 11.6. The number of amides is 3. The van der Waals surface area contributed by atoms with E-state index in [2.05, 4.69) is 5.32 Å². The highest BCUT2D eigenvalue weighted by molar-refractivity contribution is 6.31. The second kappa shape index (κ2) is 8.83. The van der Waals surface area contributed by atoms with Gasteiger partial charge in [0, 0.05) is 29.7 Å². The van der Waals surface area contributed by atoms with Gasteiger partial charge in [-0.1, -0.05) is 17.7 Å². The van der Waals surface area contributed by atoms with Crippen molar-refractivity contribution in [2.75, 3.05) is 30.5 Å². The van der Waals surface area contributed by atoms with E-state index in [1.165, 1.54) is 12.0 Å². The molecule has 0 spiro atoms. The van der Waals surface area contributed by atoms with Gasteiger partial charge < -0.3 is 25.4 Å². The molecule has 0 aliphatic carbocycles. The molecule has 2 aromatic rings. The summed E-state index contributed by atoms with van der Waals surface area (Å²) in [6.45, 7) is -0.0514. The molecule has 1 aliphatic heterocycles. The molecule has 1 aliphatic rings. The number of nitrogens with one attached hydrogen (secondary N) is 1. The Balaban J connectivity index is 1.69. The topological polar surface area (TPSA) is 111 Å². The Bertz CT molecular complexity index is 949. The Morgan fingerprint density at radius 2 is 2.07 bits per heavy atom. The predicted octanol–water partition coefficient (Wildman–Crippen LogP) is 2.20. The highest BCUT2D eigenvalue weighted by Crippen LogP contribution is 2.35. The number of hydrogen-bond donors (Lipinski definition) is 2. The molecule has 2 aromatic carbocycles. The van der Waals surface area contributed by atoms with Gasteiger partial charge in [0.1, 0.15) is 11.5 Å². The molecule has 3 rings (SSSR count). The third-order valence-corrected chi connectivity index (χ3v) is 4.65. The molecule has 9 heteroatoms. The lowest BCUT2D eigenvalue weighted by Gasteiger charge is -2.20. The summed E-state index contributed by atoms with van der Waals surface area (Å²) in [7, 11) is 1.50. The number of carbonyl (C=O) groups is 3. The number of carbonyl (C=O) groups excluding carboxylic acids is 3. The number of methoxy groups -OCH3 is 1. The number of hydrogen-bond acceptors (Lipinski definition) is 5. The molecule has 1 saturated heterocycles. The molecule has 152 valence electrons. The van der Waals surface area contributed by atoms with Crippen LogP contribution in [0.5, 0.6) is 11.5 Å². The molecule has 8 nitrogen and oxygen atoms in total. The van der Waals surface area contributed by atoms with Crippen molar-refractivity contribution in [3.05, 3.63) is 47.5 Å². The minimum absolute atomic E-state index is 0.0688. The van der Waals surface area contributed by atoms with E-state index in [9.17, 15) is 14.4 Å². The van der Waals surface area contributed by atoms with Crippen molar-refractivity contribution in [2.24, 2.45) is 11.7 Å². The summed E-state index contributed by atoms with van der Waals surface area (Å²) in [5.74, 6) is -0.725. The van der Waals surface area contributed by atoms with Crippen LogP contribution in [-0.4, -0.2) is 38.0 Å². The highest BCUT2D eigenvalue weighted by Gasteiger charge is 2.36. The molecule has 0 saturated carbocycles. The van der Waals surface area contributed by atoms with E-state index >= 15 is 0 Å². The molecule has 0 aromatic heterocycles. The van der Waals surface area contributed by atoms with E-state index in [4.69, 9.17) is 26.8 Å². The zero-order chi connectivity index (χ0) is 21.0. The molecular weight excluding hydrogens is 398 g/mol. The van der Waals surface area contributed by atoms with Gasteiger partial charge in [-0.05, 0) is 30.3 Å². The smallest absolute Gasteiger partial charge is 0.255 e. The van der Waals surface area contributed by atoms with Crippen molar-refractivity contribution in [1.29, 1.82) is 0 Å². The molecule has 1 unspecified atom stereocenters. The van der Waals surface area contributed by atoms with Gasteiger partial charge in [-0.2, -0.15) is 0 Å². The third kappa shape index (κ3) is 4.97. The lowest BCUT2D eigenvalue weighted by molar-refractivity contribution is -0.122. The molecule has 0 radical (unpaired) electrons. The number of anilines is 2. The normalized spacial score (nSPS) is 15.9. The minimum Gasteiger partial charge on any atom is -0.495 e. The van der Waals surface area contributed by atoms with Crippen molar-refractivity contribution in [2.45, 2.75) is 6.42 Å². The van der Waals surface area contributed by atoms with Crippen molar-refractivity contribution < 1.29 is 23.9 Å². The summed E-state index contributed by atoms with van der Waals surface area (Å²) in [5.41, 5.74) is 6.08. The molecule has 1 fully saturated rings. The second-order valence-electron chi connectivity index (χ2n) is 6.49. The first kappa shape index (κ1) is 20.5. The summed E-state index contributed by atoms with van der Waals surface area (Å²) < 4.78 is 10.5. The van der Waals surface area contributed by atoms with Crippen molar-refractivity contribution in [3.8, 4) is 11.5 Å². The first-order chi connectivity index (χ1) is 13.9. The second-order valence-corrected chi connectivity index (χ2v) is 6.93. The van der Waals surface area contributed by atoms with E-state index in [0.29, 0.717) is 27.9 Å². The van der Waals surface area contributed by atoms with Crippen LogP contribution in [0.15, 0.2) is 42.5 Å². The fourth-order valence-electron chi connectivity index (χ4n) is 3.05. The maximum Gasteiger partial charge on any atom is 0.255 e. The number of nitrogens with two attached hydrogens (primary N) is 1. The summed E-state index contributed by atoms with van der Waals surface area (Å²) in [5, 5.41) is 3.24. The molecule has 1 atom stereocenters. The number of benzene rings is 2. The van der Waals surface area contributed by atoms with Gasteiger partial charge in [-0.15, -0.1) is 0 Å². The Morgan fingerprint density at radius 1 is 1.28 bits per heavy atom. The summed E-state index contributed by atoms with van der Waals surface area (Å²) in [6.07, 6.45) is 0.0688. The Hall–Kier alpha value is -3.26. The van der Waals surface area contributed by atoms with Crippen molar-refractivity contribution in [1.82, 2.24) is 0 Å². The standard InChI is InChI=1S/C20H20ClN3O5/c1-28-17-6-5-13(21)8-16(17)24-10-12(7-19(24)26)20(27)23-14-3-2-4-15(9-14)29-11-18(22)25/h2-6,8-9,12H,7,10-11H2,1H3,(H2,22,25)(H,23,27). The molecule has 0 bridgehead atoms. The van der Waals surface area contributed by atoms with Crippen molar-refractivity contribution in [3.63, 3.8) is 0 Å². The Kier molecular flexibility index (Phi) is 6.23. The van der Waals surface area contributed by atoms with Crippen LogP contribution < -0.4 is 25.4 Å². The van der Waals surface area contributed by atoms with E-state index < -0.39 is 11.8 Å². The average Bonchev–Trinajstić information content (AvgIpc) is 3.08. The largest absolute Gasteiger partial charge is 0.495 e. The van der Waals surface area contributed by atoms with Crippen molar-refractivity contribution >= 4 is 40.7 Å². The fraction of sp³-hybridized carbons (Fsp3) is 0.250. The SMILES string of the molecule is COc1ccc(Cl)cc1N1CC(C(=O)Nc2cccc(OCC(N)=O)c2)CC1=O. The molecule has 3 N–H and O–H groups in total. The van der Waals surface area contributed by atoms with E-state index in [1.54, 1.807) is 42.5 Å². The third-order valence-electron chi connectivity index (χ3n) is 4.41. The van der Waals surface area contributed by atoms with Gasteiger partial charge in [-0.3, -0.25) is 14.4 Å². The highest BCUT2D eigenvalue weighted by atomic mass is 35.5. The number of primary amides is 1. The molecular formula is C20H20ClN3O5. The monoisotopic (exact) mass is 417 g/mol. The quantitative estimate of drug-likeness (QED) is 0.717. The predicted molar refractivity (Wildman–Crippen MR) is 108 cm³/mol. The first-order valence-electron chi connectivity index (χ1n) is 8.83. The van der Waals surface area contributed by atoms with Gasteiger partial charge in [0.2, 0.25) is 11.8 Å². The van der Waals surface area contributed by atoms with Gasteiger partial charge in [0.15, 0.2) is 6.61 Å². The summed E-state index contributed by atoms with van der Waals surface area (Å²) in [4.78, 5) is 37.5. The number of nitrogens with zero attached hydrogens (tertiary/aromatic N) is 1. The van der Waals surface area contributed by atoms with E-state index in [1.807, 2.05) is 0 Å². The molecule has 3 amide bonds. The van der Waals surface area contributed by atoms with E-state index in [-0.39, 0.29) is 31.4 Å². The van der Waals surface area contributed by atoms with E-state index in [0.717, 1.165) is 0 Å². The number of rotatable bonds is 7. The van der Waals surface area contributed by atoms with Crippen LogP contribution in [0.4, 0.5) is 11.4 Å². The van der Waals surface area contributed by atoms with Crippen LogP contribution >= 0.6 is 11.6 Å². The molecule has 29 heavy (non-hydrogen) atoms. The van der Waals surface area contributed by atoms with Gasteiger partial charge >= 0.3 is 0 Å². The van der Waals surface area contributed by atoms with Crippen LogP contribution in [0.1, 0.15) is 6.42 Å². The van der Waals surface area contributed by atoms with Crippen LogP contribution in [0.25, 0.3) is 0 Å². The fourth-order valence-corrected chi connectivity index (χ4v) is 3.22. The Labute approximate surface area is 172 Å². The lowest BCUT2D eigenvalue weighted by atomic mass is 10.1. The average molecular weight is 418 g/mol. The van der Waals surface area contributed by atoms with Crippen LogP contribution in [0.3, 0.4) is 0 Å². The van der Waals surface area contributed by atoms with Crippen LogP contribution in [0, 0.1) is 5.92 Å². The van der Waals surface area contributed by atoms with Gasteiger partial charge in [-0.25, -0.2) is 0 Å². The maximum atomic E-state index is 12.7. The van der Waals surface area contributed by atoms with Gasteiger partial charge in [0.25, 0.3) is 5.91 Å². The zero-order valence-electron chi connectivity index (χ0n) is 15.7. The first-order valence-corrected chi connectivity index (χ1v) is 9.21. The van der Waals surface area contributed by atoms with Crippen LogP contribution in [-0.2, 0) is 14.4 Å². The maximum absolute atomic E-state index is 12.7. The molecule has 1 heterocycles. The minimum atomic E-state index is -0.597. The van der Waals surface area contributed by atoms with Gasteiger partial charge in [0.05, 0.1) is 18.7 Å². The number of halogens is 1. The summed E-state index contributed by atoms with van der Waals surface area (Å²) >= 11 is 6.05. The Morgan fingerprint density at radius 3 is 2.79 bits per heavy atom. The lowest BCUT2D eigenvalue weighted by Crippen LogP contribution is -2.28. The van der Waals surface area contributed by atoms with Crippen LogP contribution in [0.2, 0.25) is 5.02 Å².